The number of hydrogen-bond acceptors (Lipinski definition) is 3. The van der Waals surface area contributed by atoms with E-state index in [1.807, 2.05) is 25.1 Å². The molecule has 2 N–H and O–H groups in total. The summed E-state index contributed by atoms with van der Waals surface area (Å²) in [7, 11) is 0. The molecule has 5 heteroatoms. The van der Waals surface area contributed by atoms with Crippen LogP contribution in [0.15, 0.2) is 41.0 Å². The van der Waals surface area contributed by atoms with Gasteiger partial charge in [0.1, 0.15) is 16.4 Å². The summed E-state index contributed by atoms with van der Waals surface area (Å²) >= 11 is 8.40. The highest BCUT2D eigenvalue weighted by atomic mass is 79.9. The summed E-state index contributed by atoms with van der Waals surface area (Å²) in [5.41, 5.74) is 7.24. The molecule has 0 spiro atoms. The molecule has 0 saturated heterocycles. The monoisotopic (exact) mass is 322 g/mol. The molecule has 1 aromatic heterocycles. The third kappa shape index (κ3) is 2.86. The molecule has 0 saturated carbocycles. The maximum atomic E-state index is 5.78. The lowest BCUT2D eigenvalue weighted by Gasteiger charge is -2.10. The Hall–Kier alpha value is -1.46. The molecular formula is C13H11BrN2OS. The largest absolute Gasteiger partial charge is 0.454 e. The highest BCUT2D eigenvalue weighted by molar-refractivity contribution is 9.10. The second-order valence-corrected chi connectivity index (χ2v) is 5.04. The molecule has 3 nitrogen and oxygen atoms in total. The maximum absolute atomic E-state index is 5.78. The number of hydrogen-bond donors (Lipinski definition) is 1. The zero-order chi connectivity index (χ0) is 13.1. The van der Waals surface area contributed by atoms with Crippen LogP contribution in [0, 0.1) is 6.92 Å². The Morgan fingerprint density at radius 2 is 2.11 bits per heavy atom. The highest BCUT2D eigenvalue weighted by Crippen LogP contribution is 2.31. The number of pyridine rings is 1. The van der Waals surface area contributed by atoms with Gasteiger partial charge in [-0.25, -0.2) is 4.98 Å². The molecule has 2 rings (SSSR count). The van der Waals surface area contributed by atoms with Gasteiger partial charge in [0, 0.05) is 6.20 Å². The molecule has 0 unspecified atom stereocenters. The molecule has 1 aromatic carbocycles. The third-order valence-corrected chi connectivity index (χ3v) is 3.12. The van der Waals surface area contributed by atoms with E-state index in [-0.39, 0.29) is 4.99 Å². The fourth-order valence-corrected chi connectivity index (χ4v) is 2.19. The fraction of sp³-hybridized carbons (Fsp3) is 0.0769. The number of nitrogens with two attached hydrogens (primary N) is 1. The normalized spacial score (nSPS) is 10.1. The molecule has 2 aromatic rings. The molecule has 18 heavy (non-hydrogen) atoms. The Morgan fingerprint density at radius 3 is 2.78 bits per heavy atom. The minimum atomic E-state index is 0.217. The SMILES string of the molecule is Cc1ccc(Oc2cccnc2C(N)=S)c(Br)c1. The Kier molecular flexibility index (Phi) is 3.93. The first-order chi connectivity index (χ1) is 8.58. The number of thiocarbonyl (C=S) groups is 1. The van der Waals surface area contributed by atoms with Crippen molar-refractivity contribution in [2.24, 2.45) is 5.73 Å². The van der Waals surface area contributed by atoms with Crippen molar-refractivity contribution in [3.63, 3.8) is 0 Å². The fourth-order valence-electron chi connectivity index (χ4n) is 1.47. The second-order valence-electron chi connectivity index (χ2n) is 3.75. The van der Waals surface area contributed by atoms with Gasteiger partial charge in [0.25, 0.3) is 0 Å². The summed E-state index contributed by atoms with van der Waals surface area (Å²) in [5.74, 6) is 1.25. The van der Waals surface area contributed by atoms with Gasteiger partial charge in [0.15, 0.2) is 5.75 Å². The van der Waals surface area contributed by atoms with Crippen LogP contribution in [-0.4, -0.2) is 9.97 Å². The van der Waals surface area contributed by atoms with Crippen molar-refractivity contribution < 1.29 is 4.74 Å². The molecule has 0 atom stereocenters. The van der Waals surface area contributed by atoms with E-state index in [2.05, 4.69) is 20.9 Å². The van der Waals surface area contributed by atoms with Gasteiger partial charge in [-0.15, -0.1) is 0 Å². The summed E-state index contributed by atoms with van der Waals surface area (Å²) in [5, 5.41) is 0. The predicted octanol–water partition coefficient (Wildman–Crippen LogP) is 3.58. The van der Waals surface area contributed by atoms with Crippen LogP contribution in [0.25, 0.3) is 0 Å². The number of rotatable bonds is 3. The average molecular weight is 323 g/mol. The van der Waals surface area contributed by atoms with Crippen LogP contribution >= 0.6 is 28.1 Å². The number of ether oxygens (including phenoxy) is 1. The van der Waals surface area contributed by atoms with Crippen molar-refractivity contribution in [2.75, 3.05) is 0 Å². The maximum Gasteiger partial charge on any atom is 0.156 e. The zero-order valence-electron chi connectivity index (χ0n) is 9.68. The van der Waals surface area contributed by atoms with E-state index in [4.69, 9.17) is 22.7 Å². The van der Waals surface area contributed by atoms with Crippen molar-refractivity contribution in [3.8, 4) is 11.5 Å². The Bertz CT molecular complexity index is 601. The van der Waals surface area contributed by atoms with Gasteiger partial charge >= 0.3 is 0 Å². The lowest BCUT2D eigenvalue weighted by Crippen LogP contribution is -2.12. The van der Waals surface area contributed by atoms with Gasteiger partial charge in [-0.2, -0.15) is 0 Å². The number of aromatic nitrogens is 1. The number of benzene rings is 1. The molecular weight excluding hydrogens is 312 g/mol. The van der Waals surface area contributed by atoms with Crippen LogP contribution in [0.4, 0.5) is 0 Å². The van der Waals surface area contributed by atoms with Gasteiger partial charge in [0.05, 0.1) is 4.47 Å². The first-order valence-electron chi connectivity index (χ1n) is 5.27. The van der Waals surface area contributed by atoms with E-state index < -0.39 is 0 Å². The van der Waals surface area contributed by atoms with Crippen LogP contribution < -0.4 is 10.5 Å². The number of halogens is 1. The third-order valence-electron chi connectivity index (χ3n) is 2.31. The van der Waals surface area contributed by atoms with E-state index in [1.54, 1.807) is 18.3 Å². The summed E-state index contributed by atoms with van der Waals surface area (Å²) in [4.78, 5) is 4.33. The Morgan fingerprint density at radius 1 is 1.33 bits per heavy atom. The number of aryl methyl sites for hydroxylation is 1. The van der Waals surface area contributed by atoms with Gasteiger partial charge in [0.2, 0.25) is 0 Å². The quantitative estimate of drug-likeness (QED) is 0.877. The lowest BCUT2D eigenvalue weighted by molar-refractivity contribution is 0.476. The van der Waals surface area contributed by atoms with Gasteiger partial charge in [-0.05, 0) is 52.7 Å². The first-order valence-corrected chi connectivity index (χ1v) is 6.47. The molecule has 0 bridgehead atoms. The van der Waals surface area contributed by atoms with Crippen LogP contribution in [-0.2, 0) is 0 Å². The second kappa shape index (κ2) is 5.46. The van der Waals surface area contributed by atoms with Crippen molar-refractivity contribution >= 4 is 33.1 Å². The van der Waals surface area contributed by atoms with E-state index in [9.17, 15) is 0 Å². The predicted molar refractivity (Wildman–Crippen MR) is 79.1 cm³/mol. The van der Waals surface area contributed by atoms with Crippen molar-refractivity contribution in [2.45, 2.75) is 6.92 Å². The van der Waals surface area contributed by atoms with Crippen LogP contribution in [0.5, 0.6) is 11.5 Å². The Balaban J connectivity index is 2.37. The lowest BCUT2D eigenvalue weighted by atomic mass is 10.2. The standard InChI is InChI=1S/C13H11BrN2OS/c1-8-4-5-10(9(14)7-8)17-11-3-2-6-16-12(11)13(15)18/h2-7H,1H3,(H2,15,18). The van der Waals surface area contributed by atoms with Crippen molar-refractivity contribution in [1.29, 1.82) is 0 Å². The molecule has 0 amide bonds. The average Bonchev–Trinajstić information content (AvgIpc) is 2.33. The summed E-state index contributed by atoms with van der Waals surface area (Å²) in [6.45, 7) is 2.01. The van der Waals surface area contributed by atoms with Crippen LogP contribution in [0.1, 0.15) is 11.3 Å². The van der Waals surface area contributed by atoms with Gasteiger partial charge < -0.3 is 10.5 Å². The van der Waals surface area contributed by atoms with Gasteiger partial charge in [-0.1, -0.05) is 18.3 Å². The minimum absolute atomic E-state index is 0.217. The summed E-state index contributed by atoms with van der Waals surface area (Å²) < 4.78 is 6.65. The molecule has 92 valence electrons. The Labute approximate surface area is 119 Å². The van der Waals surface area contributed by atoms with Gasteiger partial charge in [-0.3, -0.25) is 0 Å². The van der Waals surface area contributed by atoms with Crippen LogP contribution in [0.3, 0.4) is 0 Å². The highest BCUT2D eigenvalue weighted by Gasteiger charge is 2.10. The molecule has 0 fully saturated rings. The minimum Gasteiger partial charge on any atom is -0.454 e. The zero-order valence-corrected chi connectivity index (χ0v) is 12.1. The summed E-state index contributed by atoms with van der Waals surface area (Å²) in [6.07, 6.45) is 1.63. The molecule has 0 aliphatic rings. The first kappa shape index (κ1) is 13.0. The van der Waals surface area contributed by atoms with E-state index >= 15 is 0 Å². The molecule has 0 aliphatic carbocycles. The molecule has 0 radical (unpaired) electrons. The topological polar surface area (TPSA) is 48.1 Å². The molecule has 1 heterocycles. The van der Waals surface area contributed by atoms with E-state index in [0.29, 0.717) is 17.2 Å². The van der Waals surface area contributed by atoms with Crippen molar-refractivity contribution in [1.82, 2.24) is 4.98 Å². The number of nitrogens with zero attached hydrogens (tertiary/aromatic N) is 1. The van der Waals surface area contributed by atoms with E-state index in [1.165, 1.54) is 0 Å². The van der Waals surface area contributed by atoms with Crippen molar-refractivity contribution in [3.05, 3.63) is 52.3 Å². The summed E-state index contributed by atoms with van der Waals surface area (Å²) in [6, 6.07) is 9.39. The molecule has 0 aliphatic heterocycles. The van der Waals surface area contributed by atoms with E-state index in [0.717, 1.165) is 10.0 Å². The van der Waals surface area contributed by atoms with Crippen LogP contribution in [0.2, 0.25) is 0 Å². The smallest absolute Gasteiger partial charge is 0.156 e.